The van der Waals surface area contributed by atoms with Crippen molar-refractivity contribution in [3.63, 3.8) is 0 Å². The molecule has 1 aliphatic rings. The van der Waals surface area contributed by atoms with Crippen LogP contribution in [0.15, 0.2) is 23.8 Å². The maximum Gasteiger partial charge on any atom is 0.127 e. The van der Waals surface area contributed by atoms with E-state index in [0.717, 1.165) is 29.4 Å². The first-order valence-electron chi connectivity index (χ1n) is 4.95. The Morgan fingerprint density at radius 3 is 2.79 bits per heavy atom. The van der Waals surface area contributed by atoms with Crippen molar-refractivity contribution in [3.8, 4) is 0 Å². The van der Waals surface area contributed by atoms with Crippen molar-refractivity contribution in [1.29, 1.82) is 0 Å². The van der Waals surface area contributed by atoms with Crippen molar-refractivity contribution in [1.82, 2.24) is 0 Å². The lowest BCUT2D eigenvalue weighted by Crippen LogP contribution is -2.14. The molecule has 0 aromatic heterocycles. The Bertz CT molecular complexity index is 263. The second-order valence-corrected chi connectivity index (χ2v) is 4.35. The molecule has 1 radical (unpaired) electrons. The predicted molar refractivity (Wildman–Crippen MR) is 64.1 cm³/mol. The Labute approximate surface area is 91.8 Å². The zero-order valence-corrected chi connectivity index (χ0v) is 9.86. The van der Waals surface area contributed by atoms with Gasteiger partial charge >= 0.3 is 0 Å². The van der Waals surface area contributed by atoms with Crippen molar-refractivity contribution < 1.29 is 4.74 Å². The van der Waals surface area contributed by atoms with Gasteiger partial charge in [-0.3, -0.25) is 0 Å². The number of methoxy groups -OCH3 is 1. The molecule has 0 aromatic carbocycles. The molecule has 0 unspecified atom stereocenters. The van der Waals surface area contributed by atoms with Gasteiger partial charge in [-0.1, -0.05) is 44.3 Å². The second-order valence-electron chi connectivity index (χ2n) is 3.86. The van der Waals surface area contributed by atoms with Crippen LogP contribution in [0, 0.1) is 12.0 Å². The van der Waals surface area contributed by atoms with Crippen LogP contribution in [0.4, 0.5) is 0 Å². The van der Waals surface area contributed by atoms with Crippen LogP contribution in [-0.4, -0.2) is 12.0 Å². The third-order valence-electron chi connectivity index (χ3n) is 2.14. The van der Waals surface area contributed by atoms with E-state index in [-0.39, 0.29) is 0 Å². The van der Waals surface area contributed by atoms with Gasteiger partial charge in [-0.05, 0) is 12.3 Å². The minimum Gasteiger partial charge on any atom is -0.370 e. The van der Waals surface area contributed by atoms with Crippen molar-refractivity contribution >= 4 is 17.1 Å². The van der Waals surface area contributed by atoms with Gasteiger partial charge in [0.15, 0.2) is 0 Å². The van der Waals surface area contributed by atoms with E-state index in [9.17, 15) is 0 Å². The predicted octanol–water partition coefficient (Wildman–Crippen LogP) is 3.47. The first-order chi connectivity index (χ1) is 6.65. The maximum atomic E-state index is 5.40. The number of thiocarbonyl (C=S) groups is 1. The molecule has 1 aliphatic carbocycles. The highest BCUT2D eigenvalue weighted by Crippen LogP contribution is 2.27. The van der Waals surface area contributed by atoms with Gasteiger partial charge in [-0.2, -0.15) is 0 Å². The van der Waals surface area contributed by atoms with Crippen molar-refractivity contribution in [2.45, 2.75) is 26.7 Å². The van der Waals surface area contributed by atoms with Crippen LogP contribution in [0.2, 0.25) is 0 Å². The Kier molecular flexibility index (Phi) is 4.49. The van der Waals surface area contributed by atoms with E-state index >= 15 is 0 Å². The van der Waals surface area contributed by atoms with Crippen LogP contribution in [0.5, 0.6) is 0 Å². The average molecular weight is 209 g/mol. The van der Waals surface area contributed by atoms with Gasteiger partial charge in [0.1, 0.15) is 6.10 Å². The second kappa shape index (κ2) is 5.42. The average Bonchev–Trinajstić information content (AvgIpc) is 2.15. The number of hydrogen-bond acceptors (Lipinski definition) is 2. The molecular weight excluding hydrogens is 192 g/mol. The van der Waals surface area contributed by atoms with Gasteiger partial charge in [0.05, 0.1) is 0 Å². The Balaban J connectivity index is 2.72. The van der Waals surface area contributed by atoms with Gasteiger partial charge in [-0.25, -0.2) is 0 Å². The monoisotopic (exact) mass is 209 g/mol. The highest BCUT2D eigenvalue weighted by Gasteiger charge is 2.20. The molecule has 0 saturated heterocycles. The molecule has 14 heavy (non-hydrogen) atoms. The molecule has 0 saturated carbocycles. The summed E-state index contributed by atoms with van der Waals surface area (Å²) in [6, 6.07) is 0. The van der Waals surface area contributed by atoms with Gasteiger partial charge < -0.3 is 4.74 Å². The molecule has 0 aromatic rings. The summed E-state index contributed by atoms with van der Waals surface area (Å²) in [6.07, 6.45) is 9.02. The first kappa shape index (κ1) is 11.6. The van der Waals surface area contributed by atoms with Gasteiger partial charge in [0.2, 0.25) is 0 Å². The van der Waals surface area contributed by atoms with E-state index in [4.69, 9.17) is 17.0 Å². The fraction of sp³-hybridized carbons (Fsp3) is 0.500. The molecule has 2 heteroatoms. The summed E-state index contributed by atoms with van der Waals surface area (Å²) in [4.78, 5) is 0.991. The van der Waals surface area contributed by atoms with Crippen LogP contribution < -0.4 is 0 Å². The van der Waals surface area contributed by atoms with E-state index in [2.05, 4.69) is 19.9 Å². The van der Waals surface area contributed by atoms with Crippen molar-refractivity contribution in [2.24, 2.45) is 5.92 Å². The molecule has 0 N–H and O–H groups in total. The molecule has 0 aliphatic heterocycles. The summed E-state index contributed by atoms with van der Waals surface area (Å²) in [6.45, 7) is 4.36. The van der Waals surface area contributed by atoms with Crippen LogP contribution >= 0.6 is 12.2 Å². The SMILES string of the molecule is CO[C](CC(C)C)C1=CC=CCC1=S. The van der Waals surface area contributed by atoms with Gasteiger partial charge in [-0.15, -0.1) is 0 Å². The highest BCUT2D eigenvalue weighted by atomic mass is 32.1. The van der Waals surface area contributed by atoms with Gasteiger partial charge in [0.25, 0.3) is 0 Å². The Hall–Kier alpha value is -0.470. The lowest BCUT2D eigenvalue weighted by Gasteiger charge is -2.21. The number of allylic oxidation sites excluding steroid dienone is 3. The van der Waals surface area contributed by atoms with Crippen LogP contribution in [-0.2, 0) is 4.74 Å². The van der Waals surface area contributed by atoms with Crippen LogP contribution in [0.25, 0.3) is 0 Å². The standard InChI is InChI=1S/C12H17OS/c1-9(2)8-11(13-3)10-6-4-5-7-12(10)14/h4-6,9H,7-8H2,1-3H3. The molecule has 1 rings (SSSR count). The smallest absolute Gasteiger partial charge is 0.127 e. The molecule has 0 amide bonds. The van der Waals surface area contributed by atoms with E-state index in [1.165, 1.54) is 0 Å². The number of ether oxygens (including phenoxy) is 1. The van der Waals surface area contributed by atoms with E-state index in [1.807, 2.05) is 12.2 Å². The molecule has 1 nitrogen and oxygen atoms in total. The molecule has 77 valence electrons. The third-order valence-corrected chi connectivity index (χ3v) is 2.53. The summed E-state index contributed by atoms with van der Waals surface area (Å²) in [5, 5.41) is 0. The summed E-state index contributed by atoms with van der Waals surface area (Å²) in [5.74, 6) is 0.597. The zero-order valence-electron chi connectivity index (χ0n) is 9.04. The summed E-state index contributed by atoms with van der Waals surface area (Å²) in [7, 11) is 1.72. The molecule has 0 heterocycles. The lowest BCUT2D eigenvalue weighted by molar-refractivity contribution is 0.206. The summed E-state index contributed by atoms with van der Waals surface area (Å²) >= 11 is 5.30. The largest absolute Gasteiger partial charge is 0.370 e. The Morgan fingerprint density at radius 2 is 2.29 bits per heavy atom. The summed E-state index contributed by atoms with van der Waals surface area (Å²) < 4.78 is 5.40. The molecule has 0 bridgehead atoms. The quantitative estimate of drug-likeness (QED) is 0.656. The lowest BCUT2D eigenvalue weighted by atomic mass is 9.93. The molecule has 0 spiro atoms. The number of hydrogen-bond donors (Lipinski definition) is 0. The van der Waals surface area contributed by atoms with E-state index < -0.39 is 0 Å². The zero-order chi connectivity index (χ0) is 10.6. The van der Waals surface area contributed by atoms with Crippen LogP contribution in [0.1, 0.15) is 26.7 Å². The van der Waals surface area contributed by atoms with E-state index in [0.29, 0.717) is 5.92 Å². The van der Waals surface area contributed by atoms with Gasteiger partial charge in [0, 0.05) is 24.0 Å². The fourth-order valence-electron chi connectivity index (χ4n) is 1.46. The van der Waals surface area contributed by atoms with E-state index in [1.54, 1.807) is 7.11 Å². The molecule has 0 fully saturated rings. The van der Waals surface area contributed by atoms with Crippen molar-refractivity contribution in [2.75, 3.05) is 7.11 Å². The highest BCUT2D eigenvalue weighted by molar-refractivity contribution is 7.80. The summed E-state index contributed by atoms with van der Waals surface area (Å²) in [5.41, 5.74) is 1.11. The molecular formula is C12H17OS. The third kappa shape index (κ3) is 3.03. The van der Waals surface area contributed by atoms with Crippen LogP contribution in [0.3, 0.4) is 0 Å². The first-order valence-corrected chi connectivity index (χ1v) is 5.36. The van der Waals surface area contributed by atoms with Crippen molar-refractivity contribution in [3.05, 3.63) is 29.9 Å². The minimum absolute atomic E-state index is 0.597. The number of rotatable bonds is 4. The fourth-order valence-corrected chi connectivity index (χ4v) is 1.74. The normalized spacial score (nSPS) is 16.6. The maximum absolute atomic E-state index is 5.40. The minimum atomic E-state index is 0.597. The molecule has 0 atom stereocenters. The topological polar surface area (TPSA) is 9.23 Å². The Morgan fingerprint density at radius 1 is 1.57 bits per heavy atom.